The van der Waals surface area contributed by atoms with E-state index in [0.29, 0.717) is 28.4 Å². The summed E-state index contributed by atoms with van der Waals surface area (Å²) in [6.07, 6.45) is 3.09. The number of halogens is 2. The summed E-state index contributed by atoms with van der Waals surface area (Å²) < 4.78 is 1.85. The van der Waals surface area contributed by atoms with Gasteiger partial charge in [-0.2, -0.15) is 0 Å². The molecule has 2 aliphatic rings. The minimum absolute atomic E-state index is 0.278. The van der Waals surface area contributed by atoms with Gasteiger partial charge in [-0.25, -0.2) is 4.68 Å². The van der Waals surface area contributed by atoms with Crippen molar-refractivity contribution in [3.63, 3.8) is 0 Å². The molecule has 3 aromatic rings. The van der Waals surface area contributed by atoms with E-state index in [1.165, 1.54) is 0 Å². The molecule has 0 N–H and O–H groups in total. The molecule has 1 amide bonds. The molecule has 5 rings (SSSR count). The van der Waals surface area contributed by atoms with Gasteiger partial charge in [0.2, 0.25) is 5.91 Å². The lowest BCUT2D eigenvalue weighted by Crippen LogP contribution is -2.30. The number of aromatic nitrogens is 4. The van der Waals surface area contributed by atoms with E-state index in [2.05, 4.69) is 15.5 Å². The van der Waals surface area contributed by atoms with Crippen LogP contribution in [0.1, 0.15) is 19.3 Å². The van der Waals surface area contributed by atoms with E-state index in [-0.39, 0.29) is 5.92 Å². The van der Waals surface area contributed by atoms with Gasteiger partial charge in [-0.15, -0.1) is 5.10 Å². The number of carbonyl (C=O) groups excluding carboxylic acids is 1. The SMILES string of the molecule is O=C(C1CC1)N1CCC(Cn2nnnc2-c2ccc(-c3ccc(Cl)cc3Cl)cc2)C1. The van der Waals surface area contributed by atoms with Crippen LogP contribution < -0.4 is 0 Å². The van der Waals surface area contributed by atoms with Crippen LogP contribution in [0.2, 0.25) is 10.0 Å². The molecule has 1 aliphatic carbocycles. The highest BCUT2D eigenvalue weighted by Crippen LogP contribution is 2.34. The van der Waals surface area contributed by atoms with Crippen LogP contribution in [0.3, 0.4) is 0 Å². The van der Waals surface area contributed by atoms with E-state index in [1.807, 2.05) is 46.0 Å². The number of benzene rings is 2. The maximum absolute atomic E-state index is 12.3. The molecule has 30 heavy (non-hydrogen) atoms. The quantitative estimate of drug-likeness (QED) is 0.581. The summed E-state index contributed by atoms with van der Waals surface area (Å²) in [5.74, 6) is 1.71. The van der Waals surface area contributed by atoms with E-state index >= 15 is 0 Å². The van der Waals surface area contributed by atoms with Crippen LogP contribution in [0.15, 0.2) is 42.5 Å². The lowest BCUT2D eigenvalue weighted by molar-refractivity contribution is -0.131. The van der Waals surface area contributed by atoms with Crippen LogP contribution >= 0.6 is 23.2 Å². The minimum atomic E-state index is 0.278. The Morgan fingerprint density at radius 1 is 1.03 bits per heavy atom. The average Bonchev–Trinajstić information content (AvgIpc) is 3.32. The predicted molar refractivity (Wildman–Crippen MR) is 116 cm³/mol. The van der Waals surface area contributed by atoms with Crippen molar-refractivity contribution in [3.05, 3.63) is 52.5 Å². The van der Waals surface area contributed by atoms with E-state index in [1.54, 1.807) is 6.07 Å². The van der Waals surface area contributed by atoms with Crippen molar-refractivity contribution in [1.29, 1.82) is 0 Å². The molecule has 2 heterocycles. The zero-order chi connectivity index (χ0) is 20.7. The summed E-state index contributed by atoms with van der Waals surface area (Å²) >= 11 is 12.3. The van der Waals surface area contributed by atoms with Crippen molar-refractivity contribution in [3.8, 4) is 22.5 Å². The third-order valence-electron chi connectivity index (χ3n) is 5.87. The van der Waals surface area contributed by atoms with Gasteiger partial charge in [0, 0.05) is 46.7 Å². The molecule has 1 saturated heterocycles. The van der Waals surface area contributed by atoms with Gasteiger partial charge < -0.3 is 4.90 Å². The van der Waals surface area contributed by atoms with Crippen LogP contribution in [-0.4, -0.2) is 44.1 Å². The first-order valence-corrected chi connectivity index (χ1v) is 10.9. The molecule has 1 saturated carbocycles. The Morgan fingerprint density at radius 2 is 1.80 bits per heavy atom. The van der Waals surface area contributed by atoms with Gasteiger partial charge >= 0.3 is 0 Å². The van der Waals surface area contributed by atoms with E-state index in [9.17, 15) is 4.79 Å². The van der Waals surface area contributed by atoms with Crippen LogP contribution in [-0.2, 0) is 11.3 Å². The van der Waals surface area contributed by atoms with Crippen molar-refractivity contribution in [1.82, 2.24) is 25.1 Å². The van der Waals surface area contributed by atoms with Crippen molar-refractivity contribution >= 4 is 29.1 Å². The fourth-order valence-electron chi connectivity index (χ4n) is 4.07. The molecule has 2 aromatic carbocycles. The fraction of sp³-hybridized carbons (Fsp3) is 0.364. The zero-order valence-corrected chi connectivity index (χ0v) is 17.9. The van der Waals surface area contributed by atoms with Crippen molar-refractivity contribution in [2.75, 3.05) is 13.1 Å². The maximum atomic E-state index is 12.3. The van der Waals surface area contributed by atoms with Crippen molar-refractivity contribution in [2.45, 2.75) is 25.8 Å². The predicted octanol–water partition coefficient (Wildman–Crippen LogP) is 4.57. The molecular weight excluding hydrogens is 421 g/mol. The molecule has 1 aliphatic heterocycles. The number of likely N-dealkylation sites (tertiary alicyclic amines) is 1. The monoisotopic (exact) mass is 441 g/mol. The second-order valence-corrected chi connectivity index (χ2v) is 8.94. The van der Waals surface area contributed by atoms with Crippen LogP contribution in [0.5, 0.6) is 0 Å². The topological polar surface area (TPSA) is 63.9 Å². The largest absolute Gasteiger partial charge is 0.342 e. The summed E-state index contributed by atoms with van der Waals surface area (Å²) in [7, 11) is 0. The Morgan fingerprint density at radius 3 is 2.53 bits per heavy atom. The first-order valence-electron chi connectivity index (χ1n) is 10.2. The van der Waals surface area contributed by atoms with Gasteiger partial charge in [-0.05, 0) is 53.3 Å². The summed E-state index contributed by atoms with van der Waals surface area (Å²) in [4.78, 5) is 14.3. The third-order valence-corrected chi connectivity index (χ3v) is 6.42. The minimum Gasteiger partial charge on any atom is -0.342 e. The van der Waals surface area contributed by atoms with Crippen molar-refractivity contribution < 1.29 is 4.79 Å². The van der Waals surface area contributed by atoms with E-state index < -0.39 is 0 Å². The Bertz CT molecular complexity index is 1080. The molecule has 1 atom stereocenters. The van der Waals surface area contributed by atoms with E-state index in [4.69, 9.17) is 23.2 Å². The molecule has 6 nitrogen and oxygen atoms in total. The molecule has 1 aromatic heterocycles. The van der Waals surface area contributed by atoms with Gasteiger partial charge in [-0.1, -0.05) is 53.5 Å². The molecule has 2 fully saturated rings. The average molecular weight is 442 g/mol. The standard InChI is InChI=1S/C22H21Cl2N5O/c23-18-7-8-19(20(24)11-18)15-1-3-16(4-2-15)21-25-26-27-29(21)13-14-9-10-28(12-14)22(30)17-5-6-17/h1-4,7-8,11,14,17H,5-6,9-10,12-13H2. The second kappa shape index (κ2) is 8.00. The summed E-state index contributed by atoms with van der Waals surface area (Å²) in [6, 6.07) is 13.5. The molecule has 0 bridgehead atoms. The smallest absolute Gasteiger partial charge is 0.225 e. The highest BCUT2D eigenvalue weighted by Gasteiger charge is 2.36. The number of hydrogen-bond acceptors (Lipinski definition) is 4. The first-order chi connectivity index (χ1) is 14.6. The number of rotatable bonds is 5. The van der Waals surface area contributed by atoms with Gasteiger partial charge in [0.1, 0.15) is 0 Å². The second-order valence-electron chi connectivity index (χ2n) is 8.10. The molecule has 0 radical (unpaired) electrons. The number of tetrazole rings is 1. The number of carbonyl (C=O) groups is 1. The first kappa shape index (κ1) is 19.5. The lowest BCUT2D eigenvalue weighted by atomic mass is 10.0. The van der Waals surface area contributed by atoms with E-state index in [0.717, 1.165) is 54.9 Å². The maximum Gasteiger partial charge on any atom is 0.225 e. The Kier molecular flexibility index (Phi) is 5.21. The molecule has 1 unspecified atom stereocenters. The normalized spacial score (nSPS) is 18.7. The molecule has 154 valence electrons. The Labute approximate surface area is 184 Å². The highest BCUT2D eigenvalue weighted by atomic mass is 35.5. The Balaban J connectivity index is 1.30. The highest BCUT2D eigenvalue weighted by molar-refractivity contribution is 6.36. The number of nitrogens with zero attached hydrogens (tertiary/aromatic N) is 5. The Hall–Kier alpha value is -2.44. The van der Waals surface area contributed by atoms with Gasteiger partial charge in [-0.3, -0.25) is 4.79 Å². The summed E-state index contributed by atoms with van der Waals surface area (Å²) in [6.45, 7) is 2.35. The van der Waals surface area contributed by atoms with Crippen LogP contribution in [0.4, 0.5) is 0 Å². The number of amides is 1. The third kappa shape index (κ3) is 3.94. The van der Waals surface area contributed by atoms with Gasteiger partial charge in [0.15, 0.2) is 5.82 Å². The van der Waals surface area contributed by atoms with Crippen LogP contribution in [0, 0.1) is 11.8 Å². The van der Waals surface area contributed by atoms with Crippen molar-refractivity contribution in [2.24, 2.45) is 11.8 Å². The van der Waals surface area contributed by atoms with Gasteiger partial charge in [0.25, 0.3) is 0 Å². The summed E-state index contributed by atoms with van der Waals surface area (Å²) in [5, 5.41) is 13.5. The molecule has 0 spiro atoms. The zero-order valence-electron chi connectivity index (χ0n) is 16.3. The molecule has 8 heteroatoms. The van der Waals surface area contributed by atoms with Crippen LogP contribution in [0.25, 0.3) is 22.5 Å². The molecular formula is C22H21Cl2N5O. The number of hydrogen-bond donors (Lipinski definition) is 0. The van der Waals surface area contributed by atoms with Gasteiger partial charge in [0.05, 0.1) is 0 Å². The summed E-state index contributed by atoms with van der Waals surface area (Å²) in [5.41, 5.74) is 2.88. The lowest BCUT2D eigenvalue weighted by Gasteiger charge is -2.16. The fourth-order valence-corrected chi connectivity index (χ4v) is 4.59.